The number of aliphatic hydroxyl groups excluding tert-OH is 1. The summed E-state index contributed by atoms with van der Waals surface area (Å²) in [6.45, 7) is 6.29. The maximum atomic E-state index is 12.6. The molecule has 0 saturated heterocycles. The number of aliphatic hydroxyl groups is 1. The lowest BCUT2D eigenvalue weighted by Crippen LogP contribution is -2.60. The van der Waals surface area contributed by atoms with Crippen LogP contribution in [0.4, 0.5) is 0 Å². The van der Waals surface area contributed by atoms with Gasteiger partial charge in [0.05, 0.1) is 19.1 Å². The minimum absolute atomic E-state index is 0.153. The molecule has 0 rings (SSSR count). The SMILES string of the molecule is CCC(C)C(N)C(=O)NC(CO)C(=O)NC(C(=O)NC(CC(N)=O)C(=O)O)C(C)CC. The van der Waals surface area contributed by atoms with Crippen LogP contribution in [0.25, 0.3) is 0 Å². The monoisotopic (exact) mass is 445 g/mol. The Labute approximate surface area is 181 Å². The van der Waals surface area contributed by atoms with Gasteiger partial charge in [0.2, 0.25) is 23.6 Å². The molecular weight excluding hydrogens is 410 g/mol. The summed E-state index contributed by atoms with van der Waals surface area (Å²) in [7, 11) is 0. The lowest BCUT2D eigenvalue weighted by molar-refractivity contribution is -0.144. The van der Waals surface area contributed by atoms with Crippen molar-refractivity contribution >= 4 is 29.6 Å². The number of nitrogens with one attached hydrogen (secondary N) is 3. The van der Waals surface area contributed by atoms with Gasteiger partial charge in [-0.1, -0.05) is 40.5 Å². The van der Waals surface area contributed by atoms with E-state index < -0.39 is 72.7 Å². The molecule has 6 unspecified atom stereocenters. The van der Waals surface area contributed by atoms with Crippen LogP contribution in [-0.2, 0) is 24.0 Å². The van der Waals surface area contributed by atoms with E-state index >= 15 is 0 Å². The van der Waals surface area contributed by atoms with Crippen molar-refractivity contribution in [2.45, 2.75) is 71.1 Å². The number of carboxylic acid groups (broad SMARTS) is 1. The van der Waals surface area contributed by atoms with Gasteiger partial charge in [-0.25, -0.2) is 4.79 Å². The summed E-state index contributed by atoms with van der Waals surface area (Å²) < 4.78 is 0. The number of primary amides is 1. The van der Waals surface area contributed by atoms with Crippen LogP contribution in [0.15, 0.2) is 0 Å². The van der Waals surface area contributed by atoms with Crippen LogP contribution in [0.5, 0.6) is 0 Å². The van der Waals surface area contributed by atoms with Gasteiger partial charge in [0.25, 0.3) is 0 Å². The molecule has 0 saturated carbocycles. The number of carboxylic acids is 1. The number of nitrogens with two attached hydrogens (primary N) is 2. The molecule has 178 valence electrons. The van der Waals surface area contributed by atoms with Crippen LogP contribution in [0.3, 0.4) is 0 Å². The van der Waals surface area contributed by atoms with E-state index in [1.807, 2.05) is 6.92 Å². The second kappa shape index (κ2) is 13.5. The first-order chi connectivity index (χ1) is 14.4. The summed E-state index contributed by atoms with van der Waals surface area (Å²) in [6, 6.07) is -4.98. The van der Waals surface area contributed by atoms with Gasteiger partial charge >= 0.3 is 5.97 Å². The van der Waals surface area contributed by atoms with Crippen LogP contribution in [0, 0.1) is 11.8 Å². The van der Waals surface area contributed by atoms with E-state index in [9.17, 15) is 34.2 Å². The van der Waals surface area contributed by atoms with Gasteiger partial charge in [-0.2, -0.15) is 0 Å². The van der Waals surface area contributed by atoms with Gasteiger partial charge in [0.1, 0.15) is 18.1 Å². The maximum absolute atomic E-state index is 12.6. The second-order valence-electron chi connectivity index (χ2n) is 7.60. The number of carbonyl (C=O) groups is 5. The summed E-state index contributed by atoms with van der Waals surface area (Å²) in [5.74, 6) is -5.26. The number of hydrogen-bond acceptors (Lipinski definition) is 7. The largest absolute Gasteiger partial charge is 0.480 e. The Morgan fingerprint density at radius 1 is 0.839 bits per heavy atom. The molecule has 0 heterocycles. The molecule has 6 atom stereocenters. The fourth-order valence-electron chi connectivity index (χ4n) is 2.59. The van der Waals surface area contributed by atoms with Crippen LogP contribution in [0.1, 0.15) is 47.0 Å². The predicted molar refractivity (Wildman–Crippen MR) is 111 cm³/mol. The minimum atomic E-state index is -1.56. The molecule has 12 nitrogen and oxygen atoms in total. The Balaban J connectivity index is 5.37. The fraction of sp³-hybridized carbons (Fsp3) is 0.737. The molecule has 0 spiro atoms. The zero-order chi connectivity index (χ0) is 24.3. The van der Waals surface area contributed by atoms with Gasteiger partial charge in [0, 0.05) is 0 Å². The maximum Gasteiger partial charge on any atom is 0.326 e. The highest BCUT2D eigenvalue weighted by Gasteiger charge is 2.33. The van der Waals surface area contributed by atoms with Gasteiger partial charge in [-0.15, -0.1) is 0 Å². The lowest BCUT2D eigenvalue weighted by atomic mass is 9.97. The predicted octanol–water partition coefficient (Wildman–Crippen LogP) is -2.19. The molecule has 0 aromatic carbocycles. The van der Waals surface area contributed by atoms with Crippen molar-refractivity contribution < 1.29 is 34.2 Å². The van der Waals surface area contributed by atoms with Gasteiger partial charge < -0.3 is 37.6 Å². The first-order valence-corrected chi connectivity index (χ1v) is 10.2. The molecule has 0 aromatic rings. The van der Waals surface area contributed by atoms with Gasteiger partial charge in [-0.3, -0.25) is 19.2 Å². The Morgan fingerprint density at radius 3 is 1.77 bits per heavy atom. The molecule has 0 fully saturated rings. The molecule has 0 bridgehead atoms. The van der Waals surface area contributed by atoms with Crippen molar-refractivity contribution in [2.75, 3.05) is 6.61 Å². The Morgan fingerprint density at radius 2 is 1.35 bits per heavy atom. The van der Waals surface area contributed by atoms with Crippen molar-refractivity contribution in [1.82, 2.24) is 16.0 Å². The van der Waals surface area contributed by atoms with Crippen LogP contribution in [-0.4, -0.2) is 70.6 Å². The zero-order valence-corrected chi connectivity index (χ0v) is 18.4. The summed E-state index contributed by atoms with van der Waals surface area (Å²) in [5.41, 5.74) is 10.8. The molecule has 31 heavy (non-hydrogen) atoms. The van der Waals surface area contributed by atoms with E-state index in [-0.39, 0.29) is 5.92 Å². The molecule has 0 aliphatic rings. The number of rotatable bonds is 14. The number of carbonyl (C=O) groups excluding carboxylic acids is 4. The van der Waals surface area contributed by atoms with E-state index in [0.717, 1.165) is 0 Å². The number of amides is 4. The first-order valence-electron chi connectivity index (χ1n) is 10.2. The Hall–Kier alpha value is -2.73. The molecule has 9 N–H and O–H groups in total. The van der Waals surface area contributed by atoms with Crippen LogP contribution >= 0.6 is 0 Å². The molecular formula is C19H35N5O7. The van der Waals surface area contributed by atoms with Crippen LogP contribution in [0.2, 0.25) is 0 Å². The van der Waals surface area contributed by atoms with E-state index in [1.165, 1.54) is 0 Å². The quantitative estimate of drug-likeness (QED) is 0.155. The molecule has 12 heteroatoms. The van der Waals surface area contributed by atoms with Gasteiger partial charge in [0.15, 0.2) is 0 Å². The summed E-state index contributed by atoms with van der Waals surface area (Å²) in [5, 5.41) is 25.7. The van der Waals surface area contributed by atoms with Crippen molar-refractivity contribution in [2.24, 2.45) is 23.3 Å². The van der Waals surface area contributed by atoms with Crippen LogP contribution < -0.4 is 27.4 Å². The fourth-order valence-corrected chi connectivity index (χ4v) is 2.59. The first kappa shape index (κ1) is 28.3. The summed E-state index contributed by atoms with van der Waals surface area (Å²) >= 11 is 0. The third-order valence-electron chi connectivity index (χ3n) is 5.19. The van der Waals surface area contributed by atoms with Crippen molar-refractivity contribution in [3.05, 3.63) is 0 Å². The summed E-state index contributed by atoms with van der Waals surface area (Å²) in [6.07, 6.45) is 0.461. The minimum Gasteiger partial charge on any atom is -0.480 e. The third-order valence-corrected chi connectivity index (χ3v) is 5.19. The van der Waals surface area contributed by atoms with E-state index in [0.29, 0.717) is 12.8 Å². The molecule has 0 aliphatic carbocycles. The lowest BCUT2D eigenvalue weighted by Gasteiger charge is -2.27. The average molecular weight is 446 g/mol. The second-order valence-corrected chi connectivity index (χ2v) is 7.60. The van der Waals surface area contributed by atoms with E-state index in [4.69, 9.17) is 11.5 Å². The highest BCUT2D eigenvalue weighted by atomic mass is 16.4. The topological polar surface area (TPSA) is 214 Å². The highest BCUT2D eigenvalue weighted by Crippen LogP contribution is 2.10. The van der Waals surface area contributed by atoms with Crippen molar-refractivity contribution in [1.29, 1.82) is 0 Å². The Kier molecular flexibility index (Phi) is 12.4. The number of hydrogen-bond donors (Lipinski definition) is 7. The smallest absolute Gasteiger partial charge is 0.326 e. The van der Waals surface area contributed by atoms with E-state index in [2.05, 4.69) is 16.0 Å². The third kappa shape index (κ3) is 9.30. The summed E-state index contributed by atoms with van der Waals surface area (Å²) in [4.78, 5) is 59.8. The average Bonchev–Trinajstić information content (AvgIpc) is 2.72. The zero-order valence-electron chi connectivity index (χ0n) is 18.4. The molecule has 0 aromatic heterocycles. The standard InChI is InChI=1S/C19H35N5O7/c1-5-9(3)14(21)17(28)23-12(8-25)16(27)24-15(10(4)6-2)18(29)22-11(19(30)31)7-13(20)26/h9-12,14-15,25H,5-8,21H2,1-4H3,(H2,20,26)(H,22,29)(H,23,28)(H,24,27)(H,30,31). The highest BCUT2D eigenvalue weighted by molar-refractivity contribution is 5.95. The van der Waals surface area contributed by atoms with E-state index in [1.54, 1.807) is 20.8 Å². The molecule has 0 radical (unpaired) electrons. The van der Waals surface area contributed by atoms with Gasteiger partial charge in [-0.05, 0) is 11.8 Å². The van der Waals surface area contributed by atoms with Crippen molar-refractivity contribution in [3.8, 4) is 0 Å². The number of aliphatic carboxylic acids is 1. The van der Waals surface area contributed by atoms with Crippen molar-refractivity contribution in [3.63, 3.8) is 0 Å². The molecule has 0 aliphatic heterocycles. The molecule has 4 amide bonds. The normalized spacial score (nSPS) is 16.7. The Bertz CT molecular complexity index is 658.